The van der Waals surface area contributed by atoms with Gasteiger partial charge in [-0.25, -0.2) is 8.42 Å². The van der Waals surface area contributed by atoms with E-state index in [4.69, 9.17) is 11.6 Å². The Morgan fingerprint density at radius 1 is 1.38 bits per heavy atom. The van der Waals surface area contributed by atoms with Gasteiger partial charge in [0.1, 0.15) is 0 Å². The van der Waals surface area contributed by atoms with Crippen LogP contribution in [0.5, 0.6) is 0 Å². The molecule has 0 spiro atoms. The molecule has 0 bridgehead atoms. The van der Waals surface area contributed by atoms with Gasteiger partial charge in [0.15, 0.2) is 9.84 Å². The van der Waals surface area contributed by atoms with Crippen LogP contribution in [0.3, 0.4) is 0 Å². The second kappa shape index (κ2) is 4.63. The molecule has 0 aliphatic carbocycles. The monoisotopic (exact) mass is 259 g/mol. The molecule has 3 nitrogen and oxygen atoms in total. The predicted octanol–water partition coefficient (Wildman–Crippen LogP) is 2.06. The molecule has 1 aromatic carbocycles. The van der Waals surface area contributed by atoms with Crippen LogP contribution < -0.4 is 5.32 Å². The van der Waals surface area contributed by atoms with Crippen molar-refractivity contribution in [3.8, 4) is 0 Å². The maximum atomic E-state index is 11.9. The summed E-state index contributed by atoms with van der Waals surface area (Å²) in [5, 5.41) is 3.21. The summed E-state index contributed by atoms with van der Waals surface area (Å²) >= 11 is 5.51. The Hall–Kier alpha value is -0.740. The molecule has 0 radical (unpaired) electrons. The van der Waals surface area contributed by atoms with E-state index in [0.29, 0.717) is 17.2 Å². The van der Waals surface area contributed by atoms with Crippen molar-refractivity contribution in [2.45, 2.75) is 17.7 Å². The highest BCUT2D eigenvalue weighted by Gasteiger charge is 2.17. The molecule has 2 rings (SSSR count). The Balaban J connectivity index is 2.27. The molecule has 1 heterocycles. The molecule has 0 amide bonds. The number of rotatable bonds is 4. The fourth-order valence-corrected chi connectivity index (χ4v) is 3.49. The zero-order valence-corrected chi connectivity index (χ0v) is 10.4. The molecule has 0 atom stereocenters. The van der Waals surface area contributed by atoms with Gasteiger partial charge in [-0.05, 0) is 36.6 Å². The topological polar surface area (TPSA) is 46.2 Å². The van der Waals surface area contributed by atoms with Crippen LogP contribution in [0.4, 0.5) is 5.69 Å². The van der Waals surface area contributed by atoms with Gasteiger partial charge in [0.2, 0.25) is 0 Å². The van der Waals surface area contributed by atoms with E-state index in [-0.39, 0.29) is 5.75 Å². The second-order valence-electron chi connectivity index (χ2n) is 3.86. The summed E-state index contributed by atoms with van der Waals surface area (Å²) in [6.07, 6.45) is 1.40. The number of alkyl halides is 1. The maximum absolute atomic E-state index is 11.9. The van der Waals surface area contributed by atoms with Crippen LogP contribution >= 0.6 is 11.6 Å². The lowest BCUT2D eigenvalue weighted by Gasteiger charge is -2.05. The first-order valence-electron chi connectivity index (χ1n) is 5.29. The first-order chi connectivity index (χ1) is 7.63. The highest BCUT2D eigenvalue weighted by Crippen LogP contribution is 2.25. The van der Waals surface area contributed by atoms with E-state index < -0.39 is 9.84 Å². The standard InChI is InChI=1S/C11H14ClNO2S/c12-5-1-7-16(14,15)10-2-3-11-9(8-10)4-6-13-11/h2-3,8,13H,1,4-7H2. The molecule has 0 saturated heterocycles. The van der Waals surface area contributed by atoms with Gasteiger partial charge >= 0.3 is 0 Å². The number of hydrogen-bond donors (Lipinski definition) is 1. The van der Waals surface area contributed by atoms with Gasteiger partial charge in [-0.2, -0.15) is 0 Å². The average molecular weight is 260 g/mol. The third kappa shape index (κ3) is 2.33. The van der Waals surface area contributed by atoms with Gasteiger partial charge in [-0.1, -0.05) is 0 Å². The van der Waals surface area contributed by atoms with Gasteiger partial charge in [0.05, 0.1) is 10.6 Å². The van der Waals surface area contributed by atoms with Crippen LogP contribution in [-0.2, 0) is 16.3 Å². The minimum absolute atomic E-state index is 0.128. The van der Waals surface area contributed by atoms with Crippen molar-refractivity contribution in [3.63, 3.8) is 0 Å². The molecular weight excluding hydrogens is 246 g/mol. The SMILES string of the molecule is O=S(=O)(CCCCl)c1ccc2c(c1)CCN2. The van der Waals surface area contributed by atoms with Gasteiger partial charge in [-0.3, -0.25) is 0 Å². The number of benzene rings is 1. The third-order valence-corrected chi connectivity index (χ3v) is 4.76. The largest absolute Gasteiger partial charge is 0.384 e. The molecular formula is C11H14ClNO2S. The van der Waals surface area contributed by atoms with Crippen LogP contribution in [0.25, 0.3) is 0 Å². The molecule has 16 heavy (non-hydrogen) atoms. The van der Waals surface area contributed by atoms with E-state index in [1.807, 2.05) is 6.07 Å². The molecule has 0 saturated carbocycles. The number of hydrogen-bond acceptors (Lipinski definition) is 3. The van der Waals surface area contributed by atoms with E-state index in [0.717, 1.165) is 24.2 Å². The van der Waals surface area contributed by atoms with E-state index in [1.165, 1.54) is 0 Å². The van der Waals surface area contributed by atoms with Crippen molar-refractivity contribution in [2.24, 2.45) is 0 Å². The normalized spacial score (nSPS) is 14.6. The zero-order chi connectivity index (χ0) is 11.6. The van der Waals surface area contributed by atoms with Gasteiger partial charge in [0, 0.05) is 18.1 Å². The van der Waals surface area contributed by atoms with Crippen LogP contribution in [-0.4, -0.2) is 26.6 Å². The zero-order valence-electron chi connectivity index (χ0n) is 8.87. The van der Waals surface area contributed by atoms with Crippen molar-refractivity contribution < 1.29 is 8.42 Å². The van der Waals surface area contributed by atoms with Crippen molar-refractivity contribution in [2.75, 3.05) is 23.5 Å². The van der Waals surface area contributed by atoms with E-state index in [9.17, 15) is 8.42 Å². The molecule has 88 valence electrons. The lowest BCUT2D eigenvalue weighted by molar-refractivity contribution is 0.594. The second-order valence-corrected chi connectivity index (χ2v) is 6.34. The molecule has 1 aliphatic rings. The van der Waals surface area contributed by atoms with E-state index in [2.05, 4.69) is 5.32 Å². The highest BCUT2D eigenvalue weighted by molar-refractivity contribution is 7.91. The summed E-state index contributed by atoms with van der Waals surface area (Å²) in [5.74, 6) is 0.508. The number of anilines is 1. The Bertz CT molecular complexity index is 485. The third-order valence-electron chi connectivity index (χ3n) is 2.69. The summed E-state index contributed by atoms with van der Waals surface area (Å²) < 4.78 is 23.8. The molecule has 0 fully saturated rings. The van der Waals surface area contributed by atoms with Crippen molar-refractivity contribution in [1.82, 2.24) is 0 Å². The predicted molar refractivity (Wildman–Crippen MR) is 66.0 cm³/mol. The number of fused-ring (bicyclic) bond motifs is 1. The quantitative estimate of drug-likeness (QED) is 0.842. The summed E-state index contributed by atoms with van der Waals surface area (Å²) in [6.45, 7) is 0.889. The van der Waals surface area contributed by atoms with E-state index in [1.54, 1.807) is 12.1 Å². The molecule has 1 aliphatic heterocycles. The minimum Gasteiger partial charge on any atom is -0.384 e. The highest BCUT2D eigenvalue weighted by atomic mass is 35.5. The van der Waals surface area contributed by atoms with Crippen LogP contribution in [0.1, 0.15) is 12.0 Å². The Morgan fingerprint density at radius 3 is 2.94 bits per heavy atom. The van der Waals surface area contributed by atoms with Gasteiger partial charge in [-0.15, -0.1) is 11.6 Å². The fraction of sp³-hybridized carbons (Fsp3) is 0.455. The van der Waals surface area contributed by atoms with Crippen LogP contribution in [0.15, 0.2) is 23.1 Å². The van der Waals surface area contributed by atoms with Gasteiger partial charge < -0.3 is 5.32 Å². The average Bonchev–Trinajstić information content (AvgIpc) is 2.73. The lowest BCUT2D eigenvalue weighted by atomic mass is 10.2. The number of halogens is 1. The van der Waals surface area contributed by atoms with Crippen molar-refractivity contribution in [3.05, 3.63) is 23.8 Å². The van der Waals surface area contributed by atoms with Crippen molar-refractivity contribution >= 4 is 27.1 Å². The summed E-state index contributed by atoms with van der Waals surface area (Å²) in [7, 11) is -3.16. The number of sulfone groups is 1. The van der Waals surface area contributed by atoms with Crippen LogP contribution in [0, 0.1) is 0 Å². The van der Waals surface area contributed by atoms with E-state index >= 15 is 0 Å². The first kappa shape index (κ1) is 11.7. The lowest BCUT2D eigenvalue weighted by Crippen LogP contribution is -2.07. The van der Waals surface area contributed by atoms with Crippen molar-refractivity contribution in [1.29, 1.82) is 0 Å². The number of nitrogens with one attached hydrogen (secondary N) is 1. The molecule has 0 unspecified atom stereocenters. The maximum Gasteiger partial charge on any atom is 0.178 e. The fourth-order valence-electron chi connectivity index (χ4n) is 1.84. The molecule has 1 N–H and O–H groups in total. The summed E-state index contributed by atoms with van der Waals surface area (Å²) in [5.41, 5.74) is 2.14. The Morgan fingerprint density at radius 2 is 2.19 bits per heavy atom. The van der Waals surface area contributed by atoms with Gasteiger partial charge in [0.25, 0.3) is 0 Å². The summed E-state index contributed by atoms with van der Waals surface area (Å²) in [6, 6.07) is 5.29. The Kier molecular flexibility index (Phi) is 3.40. The molecule has 1 aromatic rings. The molecule has 0 aromatic heterocycles. The molecule has 5 heteroatoms. The first-order valence-corrected chi connectivity index (χ1v) is 7.48. The Labute approximate surface area is 101 Å². The van der Waals surface area contributed by atoms with Crippen LogP contribution in [0.2, 0.25) is 0 Å². The smallest absolute Gasteiger partial charge is 0.178 e. The summed E-state index contributed by atoms with van der Waals surface area (Å²) in [4.78, 5) is 0.417. The minimum atomic E-state index is -3.16.